The van der Waals surface area contributed by atoms with Crippen LogP contribution in [0.25, 0.3) is 0 Å². The molecule has 30 heteroatoms. The third-order valence-corrected chi connectivity index (χ3v) is 13.7. The van der Waals surface area contributed by atoms with E-state index in [9.17, 15) is 78.1 Å². The predicted octanol–water partition coefficient (Wildman–Crippen LogP) is -4.71. The number of benzene rings is 1. The number of carbonyl (C=O) groups is 4. The molecule has 0 radical (unpaired) electrons. The fourth-order valence-electron chi connectivity index (χ4n) is 9.39. The first kappa shape index (κ1) is 64.7. The van der Waals surface area contributed by atoms with Crippen molar-refractivity contribution in [1.82, 2.24) is 21.3 Å². The number of nitrogens with one attached hydrogen (secondary N) is 4. The highest BCUT2D eigenvalue weighted by atomic mass is 32.3. The maximum atomic E-state index is 14.0. The van der Waals surface area contributed by atoms with Crippen LogP contribution in [0.4, 0.5) is 0 Å². The molecule has 4 saturated heterocycles. The molecule has 0 bridgehead atoms. The lowest BCUT2D eigenvalue weighted by atomic mass is 9.93. The molecule has 78 heavy (non-hydrogen) atoms. The molecule has 1 aromatic carbocycles. The van der Waals surface area contributed by atoms with Gasteiger partial charge in [-0.15, -0.1) is 0 Å². The second-order valence-electron chi connectivity index (χ2n) is 19.2. The van der Waals surface area contributed by atoms with E-state index in [2.05, 4.69) is 44.5 Å². The van der Waals surface area contributed by atoms with E-state index in [1.54, 1.807) is 18.2 Å². The molecule has 29 nitrogen and oxygen atoms in total. The summed E-state index contributed by atoms with van der Waals surface area (Å²) in [5.74, 6) is -3.08. The van der Waals surface area contributed by atoms with Crippen LogP contribution in [0, 0.1) is 0 Å². The highest BCUT2D eigenvalue weighted by Crippen LogP contribution is 2.35. The number of hydrogen-bond donors (Lipinski definition) is 13. The second kappa shape index (κ2) is 30.6. The molecule has 0 saturated carbocycles. The van der Waals surface area contributed by atoms with Gasteiger partial charge in [-0.1, -0.05) is 50.5 Å². The summed E-state index contributed by atoms with van der Waals surface area (Å²) in [6.45, 7) is 1.38. The molecule has 0 aromatic heterocycles. The van der Waals surface area contributed by atoms with Crippen LogP contribution >= 0.6 is 0 Å². The molecule has 13 N–H and O–H groups in total. The van der Waals surface area contributed by atoms with Crippen molar-refractivity contribution in [3.8, 4) is 5.75 Å². The molecule has 11 unspecified atom stereocenters. The monoisotopic (exact) mass is 1140 g/mol. The van der Waals surface area contributed by atoms with Crippen molar-refractivity contribution in [2.45, 2.75) is 195 Å². The maximum absolute atomic E-state index is 14.0. The topological polar surface area (TPSA) is 439 Å². The van der Waals surface area contributed by atoms with Crippen molar-refractivity contribution < 1.29 is 120 Å². The van der Waals surface area contributed by atoms with Crippen LogP contribution in [0.15, 0.2) is 36.4 Å². The van der Waals surface area contributed by atoms with Gasteiger partial charge >= 0.3 is 0 Å². The van der Waals surface area contributed by atoms with Crippen molar-refractivity contribution in [2.24, 2.45) is 0 Å². The summed E-state index contributed by atoms with van der Waals surface area (Å²) in [5, 5.41) is 109. The molecule has 0 spiro atoms. The molecule has 0 aliphatic carbocycles. The van der Waals surface area contributed by atoms with Crippen LogP contribution in [-0.2, 0) is 62.1 Å². The van der Waals surface area contributed by atoms with Crippen molar-refractivity contribution in [1.29, 1.82) is 0 Å². The molecule has 4 fully saturated rings. The van der Waals surface area contributed by atoms with Crippen molar-refractivity contribution in [3.05, 3.63) is 42.0 Å². The zero-order valence-corrected chi connectivity index (χ0v) is 44.3. The van der Waals surface area contributed by atoms with Crippen LogP contribution in [-0.4, -0.2) is 238 Å². The summed E-state index contributed by atoms with van der Waals surface area (Å²) in [4.78, 5) is 51.3. The number of unbranched alkanes of at least 4 members (excludes halogenated alkanes) is 5. The van der Waals surface area contributed by atoms with E-state index >= 15 is 0 Å². The Hall–Kier alpha value is -4.13. The molecule has 4 aliphatic rings. The molecule has 5 rings (SSSR count). The molecule has 444 valence electrons. The minimum absolute atomic E-state index is 0.0191. The molecular weight excluding hydrogens is 1060 g/mol. The lowest BCUT2D eigenvalue weighted by molar-refractivity contribution is -0.361. The van der Waals surface area contributed by atoms with Gasteiger partial charge in [-0.3, -0.25) is 23.4 Å². The minimum atomic E-state index is -5.41. The van der Waals surface area contributed by atoms with E-state index in [4.69, 9.17) is 37.9 Å². The SMILES string of the molecule is CCCCCC/C=C\CCCOc1ccccc1C(=O)NC1[C@H](O[C@@H]2C(CO)O[C@H](O[C@H]3C(CO)O[C@@H](O[C@@H]4C(COS(=O)(=O)[O-])OC(O)C(NC(C)=O)C4O)C(NC(C)=O)[C@H]3O)C(NC(C)=O)C2O)OC(CO)[C@H](O)[C@@H]1O. The molecule has 4 heterocycles. The predicted molar refractivity (Wildman–Crippen MR) is 262 cm³/mol. The van der Waals surface area contributed by atoms with E-state index in [1.165, 1.54) is 18.9 Å². The summed E-state index contributed by atoms with van der Waals surface area (Å²) in [7, 11) is -5.41. The number of carbonyl (C=O) groups excluding carboxylic acids is 4. The number of ether oxygens (including phenoxy) is 8. The van der Waals surface area contributed by atoms with Crippen molar-refractivity contribution in [3.63, 3.8) is 0 Å². The number of hydrogen-bond acceptors (Lipinski definition) is 25. The Balaban J connectivity index is 1.36. The van der Waals surface area contributed by atoms with Gasteiger partial charge in [0.2, 0.25) is 28.1 Å². The van der Waals surface area contributed by atoms with Gasteiger partial charge in [0.25, 0.3) is 5.91 Å². The molecule has 4 amide bonds. The Labute approximate surface area is 450 Å². The number of para-hydroxylation sites is 1. The summed E-state index contributed by atoms with van der Waals surface area (Å²) in [6, 6.07) is -0.621. The van der Waals surface area contributed by atoms with E-state index in [1.807, 2.05) is 0 Å². The zero-order chi connectivity index (χ0) is 57.4. The first-order valence-electron chi connectivity index (χ1n) is 25.6. The molecule has 20 atom stereocenters. The average molecular weight is 1140 g/mol. The number of rotatable bonds is 27. The lowest BCUT2D eigenvalue weighted by Crippen LogP contribution is -2.71. The van der Waals surface area contributed by atoms with Crippen LogP contribution in [0.1, 0.15) is 83.0 Å². The molecule has 1 aromatic rings. The van der Waals surface area contributed by atoms with Gasteiger partial charge in [0.05, 0.1) is 38.6 Å². The Kier molecular flexibility index (Phi) is 25.4. The van der Waals surface area contributed by atoms with Gasteiger partial charge in [-0.2, -0.15) is 0 Å². The van der Waals surface area contributed by atoms with Gasteiger partial charge in [0, 0.05) is 20.8 Å². The first-order chi connectivity index (χ1) is 37.0. The average Bonchev–Trinajstić information content (AvgIpc) is 3.41. The Morgan fingerprint density at radius 3 is 1.55 bits per heavy atom. The quantitative estimate of drug-likeness (QED) is 0.0170. The summed E-state index contributed by atoms with van der Waals surface area (Å²) < 4.78 is 85.8. The third kappa shape index (κ3) is 17.7. The minimum Gasteiger partial charge on any atom is -0.726 e. The fourth-order valence-corrected chi connectivity index (χ4v) is 9.69. The lowest BCUT2D eigenvalue weighted by Gasteiger charge is -2.51. The van der Waals surface area contributed by atoms with E-state index in [-0.39, 0.29) is 17.9 Å². The number of aliphatic hydroxyl groups excluding tert-OH is 9. The number of amides is 4. The van der Waals surface area contributed by atoms with E-state index in [0.29, 0.717) is 6.42 Å². The van der Waals surface area contributed by atoms with Gasteiger partial charge in [0.15, 0.2) is 25.2 Å². The summed E-state index contributed by atoms with van der Waals surface area (Å²) in [6.07, 6.45) is -18.6. The fraction of sp³-hybridized carbons (Fsp3) is 0.750. The third-order valence-electron chi connectivity index (χ3n) is 13.2. The Morgan fingerprint density at radius 2 is 1.05 bits per heavy atom. The highest BCUT2D eigenvalue weighted by Gasteiger charge is 2.56. The second-order valence-corrected chi connectivity index (χ2v) is 20.2. The van der Waals surface area contributed by atoms with Crippen LogP contribution in [0.5, 0.6) is 5.75 Å². The number of aliphatic hydroxyl groups is 9. The summed E-state index contributed by atoms with van der Waals surface area (Å²) in [5.41, 5.74) is 0.0191. The van der Waals surface area contributed by atoms with Gasteiger partial charge in [-0.25, -0.2) is 8.42 Å². The zero-order valence-electron chi connectivity index (χ0n) is 43.5. The van der Waals surface area contributed by atoms with Crippen molar-refractivity contribution in [2.75, 3.05) is 33.0 Å². The normalized spacial score (nSPS) is 35.4. The van der Waals surface area contributed by atoms with Gasteiger partial charge in [0.1, 0.15) is 103 Å². The van der Waals surface area contributed by atoms with Crippen molar-refractivity contribution >= 4 is 34.0 Å². The first-order valence-corrected chi connectivity index (χ1v) is 27.0. The highest BCUT2D eigenvalue weighted by molar-refractivity contribution is 7.80. The maximum Gasteiger partial charge on any atom is 0.255 e. The number of allylic oxidation sites excluding steroid dienone is 2. The van der Waals surface area contributed by atoms with Crippen LogP contribution in [0.2, 0.25) is 0 Å². The molecular formula is C48H75N4O25S-. The van der Waals surface area contributed by atoms with Crippen LogP contribution in [0.3, 0.4) is 0 Å². The van der Waals surface area contributed by atoms with E-state index in [0.717, 1.165) is 46.5 Å². The smallest absolute Gasteiger partial charge is 0.255 e. The Bertz CT molecular complexity index is 2220. The van der Waals surface area contributed by atoms with Gasteiger partial charge < -0.3 is 110 Å². The Morgan fingerprint density at radius 1 is 0.590 bits per heavy atom. The van der Waals surface area contributed by atoms with Crippen LogP contribution < -0.4 is 26.0 Å². The van der Waals surface area contributed by atoms with Gasteiger partial charge in [-0.05, 0) is 37.8 Å². The summed E-state index contributed by atoms with van der Waals surface area (Å²) >= 11 is 0. The standard InChI is InChI=1S/C48H76N4O25S/c1-5-6-7-8-9-10-11-12-15-18-69-27-17-14-13-16-26(27)44(64)52-33-37(60)36(59)28(19-53)72-46(33)75-41-29(20-54)73-47(34(39(41)62)50-24(3)57)76-42-30(21-55)74-48(35(40(42)63)51-25(4)58)77-43-31(22-70-78(66,67)68)71-45(65)32(38(43)61)49-23(2)56/h10-11,13-14,16-17,28-43,45-48,53-55,59-63,65H,5-9,12,15,18-22H2,1-4H3,(H,49,56)(H,50,57)(H,51,58)(H,52,64)(H,66,67,68)/p-1/b11-10-/t28?,29?,30?,31?,32?,33?,34?,35?,36-,37+,38?,39?,40+,41+,42-,43+,45?,46-,47+,48-/m0/s1. The largest absolute Gasteiger partial charge is 0.726 e. The van der Waals surface area contributed by atoms with E-state index < -0.39 is 183 Å². The molecule has 4 aliphatic heterocycles.